The number of aromatic nitrogens is 5. The number of hydrogen-bond donors (Lipinski definition) is 1. The highest BCUT2D eigenvalue weighted by Crippen LogP contribution is 2.33. The van der Waals surface area contributed by atoms with Crippen molar-refractivity contribution in [2.24, 2.45) is 0 Å². The van der Waals surface area contributed by atoms with Gasteiger partial charge in [-0.1, -0.05) is 6.07 Å². The van der Waals surface area contributed by atoms with Crippen LogP contribution in [0.5, 0.6) is 11.6 Å². The summed E-state index contributed by atoms with van der Waals surface area (Å²) in [6.45, 7) is 7.42. The zero-order valence-electron chi connectivity index (χ0n) is 21.5. The van der Waals surface area contributed by atoms with Crippen molar-refractivity contribution in [2.75, 3.05) is 20.3 Å². The number of ether oxygens (including phenoxy) is 2. The normalized spacial score (nSPS) is 18.3. The van der Waals surface area contributed by atoms with E-state index in [-0.39, 0.29) is 12.6 Å². The number of pyridine rings is 2. The predicted molar refractivity (Wildman–Crippen MR) is 137 cm³/mol. The van der Waals surface area contributed by atoms with Crippen molar-refractivity contribution < 1.29 is 14.6 Å². The van der Waals surface area contributed by atoms with Gasteiger partial charge in [-0.15, -0.1) is 0 Å². The minimum atomic E-state index is -0.977. The van der Waals surface area contributed by atoms with Crippen LogP contribution in [0.15, 0.2) is 49.2 Å². The lowest BCUT2D eigenvalue weighted by Crippen LogP contribution is -2.27. The van der Waals surface area contributed by atoms with E-state index in [0.717, 1.165) is 36.2 Å². The quantitative estimate of drug-likeness (QED) is 0.391. The predicted octanol–water partition coefficient (Wildman–Crippen LogP) is 3.46. The first-order valence-corrected chi connectivity index (χ1v) is 12.3. The van der Waals surface area contributed by atoms with Crippen LogP contribution < -0.4 is 9.47 Å². The molecule has 10 nitrogen and oxygen atoms in total. The van der Waals surface area contributed by atoms with Gasteiger partial charge in [0.25, 0.3) is 0 Å². The van der Waals surface area contributed by atoms with Crippen LogP contribution in [0, 0.1) is 11.3 Å². The number of nitriles is 1. The third-order valence-corrected chi connectivity index (χ3v) is 6.66. The smallest absolute Gasteiger partial charge is 0.212 e. The highest BCUT2D eigenvalue weighted by atomic mass is 16.5. The highest BCUT2D eigenvalue weighted by Gasteiger charge is 2.31. The third-order valence-electron chi connectivity index (χ3n) is 6.66. The van der Waals surface area contributed by atoms with Crippen molar-refractivity contribution in [1.82, 2.24) is 29.3 Å². The van der Waals surface area contributed by atoms with Crippen molar-refractivity contribution in [3.05, 3.63) is 60.3 Å². The Morgan fingerprint density at radius 1 is 1.19 bits per heavy atom. The first-order valence-electron chi connectivity index (χ1n) is 12.3. The largest absolute Gasteiger partial charge is 0.489 e. The van der Waals surface area contributed by atoms with Gasteiger partial charge in [-0.2, -0.15) is 15.5 Å². The second-order valence-corrected chi connectivity index (χ2v) is 10.2. The molecule has 2 atom stereocenters. The van der Waals surface area contributed by atoms with Crippen molar-refractivity contribution >= 4 is 5.52 Å². The van der Waals surface area contributed by atoms with E-state index in [1.807, 2.05) is 35.4 Å². The molecule has 1 saturated heterocycles. The summed E-state index contributed by atoms with van der Waals surface area (Å²) in [6, 6.07) is 8.66. The van der Waals surface area contributed by atoms with Crippen LogP contribution in [-0.2, 0) is 6.54 Å². The summed E-state index contributed by atoms with van der Waals surface area (Å²) in [5.74, 6) is 1.17. The van der Waals surface area contributed by atoms with E-state index in [0.29, 0.717) is 28.8 Å². The number of nitrogens with zero attached hydrogens (tertiary/aromatic N) is 7. The maximum Gasteiger partial charge on any atom is 0.212 e. The van der Waals surface area contributed by atoms with Gasteiger partial charge in [0.15, 0.2) is 0 Å². The minimum absolute atomic E-state index is 0.128. The molecule has 37 heavy (non-hydrogen) atoms. The van der Waals surface area contributed by atoms with E-state index in [1.165, 1.54) is 0 Å². The molecule has 1 aliphatic heterocycles. The molecule has 0 spiro atoms. The standard InChI is InChI=1S/C27H31N7O3/c1-18-7-22(15-32(18)13-19-5-6-25(36-4)29-10-19)33-14-21(12-30-33)24-8-23(37-17-27(2,3)35)16-34-26(24)20(9-28)11-31-34/h5-6,8,10-12,14,16,18,22,35H,7,13,15,17H2,1-4H3/t18-,22-/m1/s1. The zero-order chi connectivity index (χ0) is 26.2. The summed E-state index contributed by atoms with van der Waals surface area (Å²) in [5.41, 5.74) is 3.03. The number of likely N-dealkylation sites (tertiary alicyclic amines) is 1. The fourth-order valence-corrected chi connectivity index (χ4v) is 4.75. The van der Waals surface area contributed by atoms with Crippen molar-refractivity contribution in [3.63, 3.8) is 0 Å². The lowest BCUT2D eigenvalue weighted by atomic mass is 10.1. The monoisotopic (exact) mass is 501 g/mol. The van der Waals surface area contributed by atoms with Crippen molar-refractivity contribution in [3.8, 4) is 28.8 Å². The second kappa shape index (κ2) is 9.84. The van der Waals surface area contributed by atoms with Gasteiger partial charge in [0, 0.05) is 48.7 Å². The van der Waals surface area contributed by atoms with Crippen molar-refractivity contribution in [1.29, 1.82) is 5.26 Å². The Hall–Kier alpha value is -3.94. The van der Waals surface area contributed by atoms with Crippen LogP contribution in [0.4, 0.5) is 0 Å². The van der Waals surface area contributed by atoms with Gasteiger partial charge in [-0.3, -0.25) is 9.58 Å². The number of methoxy groups -OCH3 is 1. The van der Waals surface area contributed by atoms with Gasteiger partial charge in [0.2, 0.25) is 5.88 Å². The Bertz CT molecular complexity index is 1430. The summed E-state index contributed by atoms with van der Waals surface area (Å²) in [6.07, 6.45) is 9.96. The van der Waals surface area contributed by atoms with Gasteiger partial charge in [0.1, 0.15) is 18.4 Å². The van der Waals surface area contributed by atoms with Crippen molar-refractivity contribution in [2.45, 2.75) is 51.4 Å². The third kappa shape index (κ3) is 5.28. The molecule has 0 aromatic carbocycles. The maximum absolute atomic E-state index is 10.1. The van der Waals surface area contributed by atoms with Crippen LogP contribution in [0.2, 0.25) is 0 Å². The zero-order valence-corrected chi connectivity index (χ0v) is 21.5. The molecule has 0 saturated carbocycles. The Balaban J connectivity index is 1.39. The average Bonchev–Trinajstić information content (AvgIpc) is 3.61. The Morgan fingerprint density at radius 2 is 2.03 bits per heavy atom. The van der Waals surface area contributed by atoms with E-state index in [9.17, 15) is 10.4 Å². The molecular formula is C27H31N7O3. The molecule has 4 aromatic rings. The first kappa shape index (κ1) is 24.7. The maximum atomic E-state index is 10.1. The SMILES string of the molecule is COc1ccc(CN2C[C@H](n3cc(-c4cc(OCC(C)(C)O)cn5ncc(C#N)c45)cn3)C[C@H]2C)cn1. The summed E-state index contributed by atoms with van der Waals surface area (Å²) in [7, 11) is 1.62. The fraction of sp³-hybridized carbons (Fsp3) is 0.407. The first-order chi connectivity index (χ1) is 17.7. The minimum Gasteiger partial charge on any atom is -0.489 e. The second-order valence-electron chi connectivity index (χ2n) is 10.2. The lowest BCUT2D eigenvalue weighted by molar-refractivity contribution is 0.0283. The van der Waals surface area contributed by atoms with Gasteiger partial charge < -0.3 is 14.6 Å². The molecule has 1 fully saturated rings. The highest BCUT2D eigenvalue weighted by molar-refractivity contribution is 5.84. The molecule has 1 N–H and O–H groups in total. The molecular weight excluding hydrogens is 470 g/mol. The van der Waals surface area contributed by atoms with Gasteiger partial charge in [0.05, 0.1) is 48.4 Å². The molecule has 192 valence electrons. The number of aliphatic hydroxyl groups is 1. The summed E-state index contributed by atoms with van der Waals surface area (Å²) < 4.78 is 14.7. The van der Waals surface area contributed by atoms with Gasteiger partial charge in [-0.25, -0.2) is 9.50 Å². The summed E-state index contributed by atoms with van der Waals surface area (Å²) >= 11 is 0. The van der Waals surface area contributed by atoms with Crippen LogP contribution in [-0.4, -0.2) is 66.3 Å². The van der Waals surface area contributed by atoms with E-state index >= 15 is 0 Å². The molecule has 5 rings (SSSR count). The lowest BCUT2D eigenvalue weighted by Gasteiger charge is -2.20. The molecule has 0 aliphatic carbocycles. The van der Waals surface area contributed by atoms with Crippen LogP contribution in [0.3, 0.4) is 0 Å². The molecule has 0 bridgehead atoms. The number of rotatable bonds is 8. The van der Waals surface area contributed by atoms with Crippen LogP contribution >= 0.6 is 0 Å². The molecule has 5 heterocycles. The van der Waals surface area contributed by atoms with Crippen LogP contribution in [0.1, 0.15) is 44.4 Å². The molecule has 1 aliphatic rings. The molecule has 0 unspecified atom stereocenters. The average molecular weight is 502 g/mol. The van der Waals surface area contributed by atoms with E-state index < -0.39 is 5.60 Å². The number of fused-ring (bicyclic) bond motifs is 1. The van der Waals surface area contributed by atoms with Crippen LogP contribution in [0.25, 0.3) is 16.6 Å². The number of hydrogen-bond acceptors (Lipinski definition) is 8. The Labute approximate surface area is 215 Å². The summed E-state index contributed by atoms with van der Waals surface area (Å²) in [4.78, 5) is 6.76. The van der Waals surface area contributed by atoms with E-state index in [2.05, 4.69) is 34.0 Å². The molecule has 4 aromatic heterocycles. The van der Waals surface area contributed by atoms with E-state index in [4.69, 9.17) is 14.6 Å². The van der Waals surface area contributed by atoms with E-state index in [1.54, 1.807) is 37.9 Å². The molecule has 0 radical (unpaired) electrons. The van der Waals surface area contributed by atoms with Gasteiger partial charge in [-0.05, 0) is 38.8 Å². The van der Waals surface area contributed by atoms with Gasteiger partial charge >= 0.3 is 0 Å². The summed E-state index contributed by atoms with van der Waals surface area (Å²) in [5, 5.41) is 28.8. The molecule has 10 heteroatoms. The Kier molecular flexibility index (Phi) is 6.58. The Morgan fingerprint density at radius 3 is 2.73 bits per heavy atom. The fourth-order valence-electron chi connectivity index (χ4n) is 4.75. The topological polar surface area (TPSA) is 114 Å². The molecule has 0 amide bonds.